The Morgan fingerprint density at radius 3 is 2.38 bits per heavy atom. The average molecular weight is 455 g/mol. The molecule has 1 atom stereocenters. The molecule has 0 aromatic heterocycles. The highest BCUT2D eigenvalue weighted by molar-refractivity contribution is 8.15. The Bertz CT molecular complexity index is 1110. The summed E-state index contributed by atoms with van der Waals surface area (Å²) in [6, 6.07) is 11.4. The largest absolute Gasteiger partial charge is 0.478 e. The van der Waals surface area contributed by atoms with Crippen molar-refractivity contribution in [3.8, 4) is 0 Å². The lowest BCUT2D eigenvalue weighted by molar-refractivity contribution is -0.384. The molecule has 0 aliphatic carbocycles. The Balaban J connectivity index is 1.53. The number of nitrogens with zero attached hydrogens (tertiary/aromatic N) is 2. The van der Waals surface area contributed by atoms with E-state index in [4.69, 9.17) is 5.11 Å². The van der Waals surface area contributed by atoms with Gasteiger partial charge in [-0.1, -0.05) is 18.3 Å². The van der Waals surface area contributed by atoms with E-state index in [2.05, 4.69) is 27.7 Å². The highest BCUT2D eigenvalue weighted by Gasteiger charge is 2.32. The summed E-state index contributed by atoms with van der Waals surface area (Å²) in [5.41, 5.74) is 4.09. The van der Waals surface area contributed by atoms with Crippen LogP contribution in [0.15, 0.2) is 60.2 Å². The Morgan fingerprint density at radius 2 is 1.78 bits per heavy atom. The van der Waals surface area contributed by atoms with Gasteiger partial charge in [0.2, 0.25) is 11.8 Å². The fourth-order valence-electron chi connectivity index (χ4n) is 2.64. The van der Waals surface area contributed by atoms with Crippen molar-refractivity contribution in [2.75, 3.05) is 5.32 Å². The molecular weight excluding hydrogens is 438 g/mol. The van der Waals surface area contributed by atoms with Crippen molar-refractivity contribution in [1.82, 2.24) is 10.7 Å². The predicted octanol–water partition coefficient (Wildman–Crippen LogP) is 2.38. The number of rotatable bonds is 8. The second-order valence-corrected chi connectivity index (χ2v) is 7.73. The van der Waals surface area contributed by atoms with Crippen LogP contribution in [-0.4, -0.2) is 38.2 Å². The molecule has 3 rings (SSSR count). The van der Waals surface area contributed by atoms with Gasteiger partial charge in [0, 0.05) is 24.2 Å². The molecule has 1 aliphatic heterocycles. The molecule has 11 nitrogen and oxygen atoms in total. The Hall–Kier alpha value is -4.19. The van der Waals surface area contributed by atoms with Crippen LogP contribution in [0.3, 0.4) is 0 Å². The molecule has 1 fully saturated rings. The second kappa shape index (κ2) is 9.75. The van der Waals surface area contributed by atoms with Crippen LogP contribution in [-0.2, 0) is 9.59 Å². The number of hydrazone groups is 1. The van der Waals surface area contributed by atoms with E-state index in [1.54, 1.807) is 0 Å². The minimum Gasteiger partial charge on any atom is -0.478 e. The lowest BCUT2D eigenvalue weighted by Crippen LogP contribution is -2.28. The van der Waals surface area contributed by atoms with Gasteiger partial charge in [0.15, 0.2) is 5.17 Å². The van der Waals surface area contributed by atoms with Crippen molar-refractivity contribution in [3.05, 3.63) is 76.4 Å². The number of carbonyl (C=O) groups is 3. The molecule has 12 heteroatoms. The van der Waals surface area contributed by atoms with Crippen molar-refractivity contribution < 1.29 is 24.4 Å². The van der Waals surface area contributed by atoms with E-state index >= 15 is 0 Å². The van der Waals surface area contributed by atoms with Crippen molar-refractivity contribution in [2.45, 2.75) is 11.7 Å². The Labute approximate surface area is 185 Å². The van der Waals surface area contributed by atoms with Crippen molar-refractivity contribution >= 4 is 51.8 Å². The van der Waals surface area contributed by atoms with E-state index in [0.717, 1.165) is 11.8 Å². The lowest BCUT2D eigenvalue weighted by Gasteiger charge is -2.07. The summed E-state index contributed by atoms with van der Waals surface area (Å²) in [7, 11) is 0. The normalized spacial score (nSPS) is 16.3. The van der Waals surface area contributed by atoms with Gasteiger partial charge in [0.25, 0.3) is 5.69 Å². The number of thioether (sulfide) groups is 1. The van der Waals surface area contributed by atoms with Gasteiger partial charge >= 0.3 is 5.97 Å². The number of nitrogens with one attached hydrogen (secondary N) is 3. The summed E-state index contributed by atoms with van der Waals surface area (Å²) in [6.45, 7) is 3.80. The fourth-order valence-corrected chi connectivity index (χ4v) is 3.56. The number of amidine groups is 1. The number of amides is 2. The molecule has 32 heavy (non-hydrogen) atoms. The van der Waals surface area contributed by atoms with Crippen LogP contribution in [0.25, 0.3) is 5.70 Å². The molecule has 4 N–H and O–H groups in total. The number of anilines is 1. The van der Waals surface area contributed by atoms with Crippen LogP contribution in [0.1, 0.15) is 22.3 Å². The molecule has 0 saturated carbocycles. The summed E-state index contributed by atoms with van der Waals surface area (Å²) in [5.74, 6) is -1.86. The first-order valence-corrected chi connectivity index (χ1v) is 9.99. The van der Waals surface area contributed by atoms with Crippen LogP contribution >= 0.6 is 11.8 Å². The fraction of sp³-hybridized carbons (Fsp3) is 0.100. The number of nitro benzene ring substituents is 1. The molecule has 1 heterocycles. The number of nitro groups is 1. The molecule has 1 aliphatic rings. The van der Waals surface area contributed by atoms with E-state index in [1.807, 2.05) is 0 Å². The molecule has 0 bridgehead atoms. The van der Waals surface area contributed by atoms with Gasteiger partial charge in [0.05, 0.1) is 16.2 Å². The van der Waals surface area contributed by atoms with E-state index in [9.17, 15) is 24.5 Å². The number of non-ortho nitro benzene ring substituents is 1. The first-order chi connectivity index (χ1) is 15.2. The summed E-state index contributed by atoms with van der Waals surface area (Å²) in [6.07, 6.45) is -0.112. The summed E-state index contributed by atoms with van der Waals surface area (Å²) in [4.78, 5) is 45.4. The molecule has 2 aromatic rings. The number of carbonyl (C=O) groups excluding carboxylic acids is 2. The molecule has 0 radical (unpaired) electrons. The monoisotopic (exact) mass is 455 g/mol. The number of benzene rings is 2. The van der Waals surface area contributed by atoms with E-state index in [0.29, 0.717) is 16.9 Å². The molecule has 2 aromatic carbocycles. The standard InChI is InChI=1S/C20H17N5O6S/c1-11(12-4-8-15(9-5-12)25(30)31)23-24-20-22-18(27)16(32-20)10-17(26)21-14-6-2-13(3-7-14)19(28)29/h2-9,16,23H,1,10H2,(H,21,26)(H,28,29)(H,22,24,27)/t16-/m1/s1. The zero-order valence-corrected chi connectivity index (χ0v) is 17.2. The lowest BCUT2D eigenvalue weighted by atomic mass is 10.1. The average Bonchev–Trinajstić information content (AvgIpc) is 3.11. The minimum absolute atomic E-state index is 0.0505. The van der Waals surface area contributed by atoms with Crippen LogP contribution in [0, 0.1) is 10.1 Å². The van der Waals surface area contributed by atoms with Gasteiger partial charge < -0.3 is 15.7 Å². The molecule has 2 amide bonds. The van der Waals surface area contributed by atoms with E-state index in [-0.39, 0.29) is 28.7 Å². The highest BCUT2D eigenvalue weighted by atomic mass is 32.2. The van der Waals surface area contributed by atoms with Crippen LogP contribution < -0.4 is 16.1 Å². The second-order valence-electron chi connectivity index (χ2n) is 6.54. The van der Waals surface area contributed by atoms with Gasteiger partial charge in [-0.3, -0.25) is 25.1 Å². The summed E-state index contributed by atoms with van der Waals surface area (Å²) >= 11 is 1.07. The van der Waals surface area contributed by atoms with Crippen LogP contribution in [0.4, 0.5) is 11.4 Å². The summed E-state index contributed by atoms with van der Waals surface area (Å²) in [5, 5.41) is 28.4. The Kier molecular flexibility index (Phi) is 6.85. The third kappa shape index (κ3) is 5.70. The summed E-state index contributed by atoms with van der Waals surface area (Å²) < 4.78 is 0. The van der Waals surface area contributed by atoms with Crippen molar-refractivity contribution in [3.63, 3.8) is 0 Å². The van der Waals surface area contributed by atoms with Crippen molar-refractivity contribution in [1.29, 1.82) is 0 Å². The quantitative estimate of drug-likeness (QED) is 0.348. The maximum atomic E-state index is 12.2. The van der Waals surface area contributed by atoms with E-state index < -0.39 is 22.0 Å². The van der Waals surface area contributed by atoms with Crippen LogP contribution in [0.2, 0.25) is 0 Å². The third-order valence-electron chi connectivity index (χ3n) is 4.28. The minimum atomic E-state index is -1.07. The predicted molar refractivity (Wildman–Crippen MR) is 119 cm³/mol. The van der Waals surface area contributed by atoms with Gasteiger partial charge in [-0.25, -0.2) is 4.79 Å². The van der Waals surface area contributed by atoms with E-state index in [1.165, 1.54) is 48.5 Å². The molecule has 1 saturated heterocycles. The maximum absolute atomic E-state index is 12.2. The zero-order valence-electron chi connectivity index (χ0n) is 16.4. The number of hydrogen-bond acceptors (Lipinski definition) is 8. The number of carboxylic acids is 1. The third-order valence-corrected chi connectivity index (χ3v) is 5.36. The number of aromatic carboxylic acids is 1. The molecular formula is C20H17N5O6S. The maximum Gasteiger partial charge on any atom is 0.335 e. The zero-order chi connectivity index (χ0) is 23.3. The number of carboxylic acid groups (broad SMARTS) is 1. The van der Waals surface area contributed by atoms with Gasteiger partial charge in [-0.15, -0.1) is 5.10 Å². The molecule has 0 unspecified atom stereocenters. The SMILES string of the molecule is C=C(N/N=C1\NC(=O)[C@@H](CC(=O)Nc2ccc(C(=O)O)cc2)S1)c1ccc([N+](=O)[O-])cc1. The van der Waals surface area contributed by atoms with Gasteiger partial charge in [0.1, 0.15) is 5.25 Å². The Morgan fingerprint density at radius 1 is 1.16 bits per heavy atom. The topological polar surface area (TPSA) is 163 Å². The van der Waals surface area contributed by atoms with Gasteiger partial charge in [-0.05, 0) is 42.0 Å². The molecule has 0 spiro atoms. The van der Waals surface area contributed by atoms with Gasteiger partial charge in [-0.2, -0.15) is 0 Å². The smallest absolute Gasteiger partial charge is 0.335 e. The highest BCUT2D eigenvalue weighted by Crippen LogP contribution is 2.23. The first kappa shape index (κ1) is 22.5. The number of hydrogen-bond donors (Lipinski definition) is 4. The van der Waals surface area contributed by atoms with Crippen molar-refractivity contribution in [2.24, 2.45) is 5.10 Å². The van der Waals surface area contributed by atoms with Crippen LogP contribution in [0.5, 0.6) is 0 Å². The molecule has 164 valence electrons. The first-order valence-electron chi connectivity index (χ1n) is 9.11.